The van der Waals surface area contributed by atoms with Gasteiger partial charge in [-0.05, 0) is 19.9 Å². The zero-order chi connectivity index (χ0) is 12.5. The van der Waals surface area contributed by atoms with Gasteiger partial charge in [0.2, 0.25) is 0 Å². The molecule has 0 aromatic carbocycles. The number of aryl methyl sites for hydroxylation is 1. The van der Waals surface area contributed by atoms with Crippen LogP contribution in [0.1, 0.15) is 57.5 Å². The minimum absolute atomic E-state index is 0.937. The largest absolute Gasteiger partial charge is 0.331 e. The molecule has 1 rings (SSSR count). The molecule has 98 valence electrons. The fraction of sp³-hybridized carbons (Fsp3) is 0.786. The molecule has 3 nitrogen and oxygen atoms in total. The number of aromatic nitrogens is 2. The fourth-order valence-corrected chi connectivity index (χ4v) is 2.09. The summed E-state index contributed by atoms with van der Waals surface area (Å²) < 4.78 is 2.36. The third kappa shape index (κ3) is 4.90. The molecule has 3 heteroatoms. The van der Waals surface area contributed by atoms with Crippen molar-refractivity contribution in [3.8, 4) is 0 Å². The summed E-state index contributed by atoms with van der Waals surface area (Å²) in [5.41, 5.74) is 1.32. The van der Waals surface area contributed by atoms with E-state index in [0.29, 0.717) is 0 Å². The van der Waals surface area contributed by atoms with Crippen LogP contribution in [-0.2, 0) is 13.1 Å². The van der Waals surface area contributed by atoms with E-state index >= 15 is 0 Å². The van der Waals surface area contributed by atoms with Crippen LogP contribution in [0.25, 0.3) is 0 Å². The maximum Gasteiger partial charge on any atom is 0.105 e. The molecule has 0 saturated carbocycles. The van der Waals surface area contributed by atoms with Crippen LogP contribution in [0, 0.1) is 6.92 Å². The average Bonchev–Trinajstić information content (AvgIpc) is 2.68. The molecule has 0 radical (unpaired) electrons. The van der Waals surface area contributed by atoms with Gasteiger partial charge in [0.15, 0.2) is 0 Å². The van der Waals surface area contributed by atoms with Gasteiger partial charge in [-0.15, -0.1) is 0 Å². The number of imidazole rings is 1. The van der Waals surface area contributed by atoms with E-state index in [9.17, 15) is 0 Å². The molecule has 0 spiro atoms. The summed E-state index contributed by atoms with van der Waals surface area (Å²) in [7, 11) is 0. The summed E-state index contributed by atoms with van der Waals surface area (Å²) in [5.74, 6) is 1.15. The van der Waals surface area contributed by atoms with Gasteiger partial charge in [-0.2, -0.15) is 0 Å². The highest BCUT2D eigenvalue weighted by Gasteiger charge is 2.05. The Bertz CT molecular complexity index is 304. The summed E-state index contributed by atoms with van der Waals surface area (Å²) in [4.78, 5) is 4.41. The first-order valence-electron chi connectivity index (χ1n) is 7.01. The number of nitrogens with one attached hydrogen (secondary N) is 1. The van der Waals surface area contributed by atoms with E-state index in [-0.39, 0.29) is 0 Å². The Labute approximate surface area is 106 Å². The van der Waals surface area contributed by atoms with Gasteiger partial charge in [0.25, 0.3) is 0 Å². The van der Waals surface area contributed by atoms with Crippen molar-refractivity contribution >= 4 is 0 Å². The summed E-state index contributed by atoms with van der Waals surface area (Å²) in [6.07, 6.45) is 8.67. The van der Waals surface area contributed by atoms with Crippen molar-refractivity contribution in [2.24, 2.45) is 0 Å². The van der Waals surface area contributed by atoms with E-state index in [0.717, 1.165) is 25.5 Å². The predicted octanol–water partition coefficient (Wildman–Crippen LogP) is 3.27. The normalized spacial score (nSPS) is 11.0. The zero-order valence-corrected chi connectivity index (χ0v) is 11.6. The Hall–Kier alpha value is -0.830. The molecule has 17 heavy (non-hydrogen) atoms. The number of hydrogen-bond donors (Lipinski definition) is 1. The predicted molar refractivity (Wildman–Crippen MR) is 73.1 cm³/mol. The van der Waals surface area contributed by atoms with Crippen LogP contribution in [0.5, 0.6) is 0 Å². The minimum atomic E-state index is 0.937. The highest BCUT2D eigenvalue weighted by molar-refractivity contribution is 5.04. The second-order valence-corrected chi connectivity index (χ2v) is 4.64. The molecule has 1 heterocycles. The van der Waals surface area contributed by atoms with Crippen molar-refractivity contribution in [1.29, 1.82) is 0 Å². The Kier molecular flexibility index (Phi) is 6.94. The number of rotatable bonds is 9. The van der Waals surface area contributed by atoms with E-state index in [1.165, 1.54) is 37.8 Å². The van der Waals surface area contributed by atoms with Crippen LogP contribution >= 0.6 is 0 Å². The van der Waals surface area contributed by atoms with Crippen LogP contribution in [0.3, 0.4) is 0 Å². The Morgan fingerprint density at radius 2 is 1.94 bits per heavy atom. The number of nitrogens with zero attached hydrogens (tertiary/aromatic N) is 2. The molecule has 1 N–H and O–H groups in total. The van der Waals surface area contributed by atoms with Gasteiger partial charge in [0.05, 0.1) is 5.69 Å². The SMILES string of the molecule is CCCCCCCn1c(CNCC)cnc1C. The Balaban J connectivity index is 2.37. The van der Waals surface area contributed by atoms with E-state index in [1.807, 2.05) is 6.20 Å². The molecular formula is C14H27N3. The summed E-state index contributed by atoms with van der Waals surface area (Å²) in [6.45, 7) is 9.57. The van der Waals surface area contributed by atoms with E-state index in [4.69, 9.17) is 0 Å². The molecule has 1 aromatic heterocycles. The molecule has 0 unspecified atom stereocenters. The van der Waals surface area contributed by atoms with E-state index in [2.05, 4.69) is 35.6 Å². The third-order valence-corrected chi connectivity index (χ3v) is 3.18. The van der Waals surface area contributed by atoms with Crippen LogP contribution in [0.15, 0.2) is 6.20 Å². The third-order valence-electron chi connectivity index (χ3n) is 3.18. The average molecular weight is 237 g/mol. The molecule has 0 bridgehead atoms. The molecule has 0 amide bonds. The number of hydrogen-bond acceptors (Lipinski definition) is 2. The van der Waals surface area contributed by atoms with Gasteiger partial charge < -0.3 is 9.88 Å². The smallest absolute Gasteiger partial charge is 0.105 e. The van der Waals surface area contributed by atoms with Crippen molar-refractivity contribution in [1.82, 2.24) is 14.9 Å². The molecule has 0 atom stereocenters. The minimum Gasteiger partial charge on any atom is -0.331 e. The van der Waals surface area contributed by atoms with Crippen molar-refractivity contribution in [2.75, 3.05) is 6.54 Å². The Morgan fingerprint density at radius 3 is 2.65 bits per heavy atom. The quantitative estimate of drug-likeness (QED) is 0.668. The summed E-state index contributed by atoms with van der Waals surface area (Å²) >= 11 is 0. The maximum atomic E-state index is 4.41. The fourth-order valence-electron chi connectivity index (χ4n) is 2.09. The van der Waals surface area contributed by atoms with Gasteiger partial charge in [0.1, 0.15) is 5.82 Å². The van der Waals surface area contributed by atoms with Gasteiger partial charge in [0, 0.05) is 19.3 Å². The Morgan fingerprint density at radius 1 is 1.18 bits per heavy atom. The molecule has 0 aliphatic rings. The standard InChI is InChI=1S/C14H27N3/c1-4-6-7-8-9-10-17-13(3)16-12-14(17)11-15-5-2/h12,15H,4-11H2,1-3H3. The lowest BCUT2D eigenvalue weighted by Crippen LogP contribution is -2.16. The first-order chi connectivity index (χ1) is 8.29. The summed E-state index contributed by atoms with van der Waals surface area (Å²) in [6, 6.07) is 0. The van der Waals surface area contributed by atoms with Gasteiger partial charge in [-0.3, -0.25) is 0 Å². The van der Waals surface area contributed by atoms with E-state index < -0.39 is 0 Å². The van der Waals surface area contributed by atoms with Crippen molar-refractivity contribution < 1.29 is 0 Å². The van der Waals surface area contributed by atoms with Crippen molar-refractivity contribution in [3.63, 3.8) is 0 Å². The highest BCUT2D eigenvalue weighted by atomic mass is 15.1. The highest BCUT2D eigenvalue weighted by Crippen LogP contribution is 2.09. The topological polar surface area (TPSA) is 29.9 Å². The van der Waals surface area contributed by atoms with Crippen molar-refractivity contribution in [2.45, 2.75) is 66.0 Å². The van der Waals surface area contributed by atoms with Crippen LogP contribution in [0.4, 0.5) is 0 Å². The van der Waals surface area contributed by atoms with Crippen LogP contribution < -0.4 is 5.32 Å². The molecule has 0 saturated heterocycles. The lowest BCUT2D eigenvalue weighted by atomic mass is 10.1. The van der Waals surface area contributed by atoms with E-state index in [1.54, 1.807) is 0 Å². The summed E-state index contributed by atoms with van der Waals surface area (Å²) in [5, 5.41) is 3.37. The zero-order valence-electron chi connectivity index (χ0n) is 11.6. The molecule has 0 aliphatic heterocycles. The van der Waals surface area contributed by atoms with Crippen molar-refractivity contribution in [3.05, 3.63) is 17.7 Å². The van der Waals surface area contributed by atoms with Crippen LogP contribution in [-0.4, -0.2) is 16.1 Å². The second-order valence-electron chi connectivity index (χ2n) is 4.64. The first kappa shape index (κ1) is 14.2. The lowest BCUT2D eigenvalue weighted by Gasteiger charge is -2.10. The second kappa shape index (κ2) is 8.29. The van der Waals surface area contributed by atoms with Crippen LogP contribution in [0.2, 0.25) is 0 Å². The molecular weight excluding hydrogens is 210 g/mol. The van der Waals surface area contributed by atoms with Gasteiger partial charge >= 0.3 is 0 Å². The molecule has 0 fully saturated rings. The van der Waals surface area contributed by atoms with Gasteiger partial charge in [-0.25, -0.2) is 4.98 Å². The molecule has 0 aliphatic carbocycles. The maximum absolute atomic E-state index is 4.41. The monoisotopic (exact) mass is 237 g/mol. The number of unbranched alkanes of at least 4 members (excludes halogenated alkanes) is 4. The van der Waals surface area contributed by atoms with Gasteiger partial charge in [-0.1, -0.05) is 39.5 Å². The molecule has 1 aromatic rings. The first-order valence-corrected chi connectivity index (χ1v) is 7.01. The lowest BCUT2D eigenvalue weighted by molar-refractivity contribution is 0.539.